The van der Waals surface area contributed by atoms with Gasteiger partial charge >= 0.3 is 0 Å². The van der Waals surface area contributed by atoms with Crippen molar-refractivity contribution in [3.63, 3.8) is 0 Å². The van der Waals surface area contributed by atoms with Crippen LogP contribution in [0.25, 0.3) is 5.76 Å². The molecule has 30 heavy (non-hydrogen) atoms. The van der Waals surface area contributed by atoms with Gasteiger partial charge in [-0.05, 0) is 47.0 Å². The zero-order valence-electron chi connectivity index (χ0n) is 17.9. The minimum Gasteiger partial charge on any atom is -0.507 e. The van der Waals surface area contributed by atoms with E-state index in [2.05, 4.69) is 5.10 Å². The molecule has 8 heteroatoms. The summed E-state index contributed by atoms with van der Waals surface area (Å²) >= 11 is 0. The number of carbonyl (C=O) groups is 2. The number of amides is 1. The summed E-state index contributed by atoms with van der Waals surface area (Å²) in [6, 6.07) is 5.04. The highest BCUT2D eigenvalue weighted by molar-refractivity contribution is 6.46. The molecule has 0 aliphatic carbocycles. The molecule has 2 aromatic rings. The van der Waals surface area contributed by atoms with Crippen molar-refractivity contribution >= 4 is 17.4 Å². The summed E-state index contributed by atoms with van der Waals surface area (Å²) in [5.41, 5.74) is 1.65. The van der Waals surface area contributed by atoms with E-state index in [1.165, 1.54) is 11.0 Å². The Hall–Kier alpha value is -3.00. The Balaban J connectivity index is 2.18. The normalized spacial score (nSPS) is 18.6. The van der Waals surface area contributed by atoms with Crippen molar-refractivity contribution in [2.45, 2.75) is 26.3 Å². The first kappa shape index (κ1) is 21.7. The molecule has 1 aromatic heterocycles. The van der Waals surface area contributed by atoms with Gasteiger partial charge in [-0.25, -0.2) is 4.39 Å². The molecule has 1 N–H and O–H groups in total. The average molecular weight is 414 g/mol. The van der Waals surface area contributed by atoms with Gasteiger partial charge in [-0.15, -0.1) is 0 Å². The predicted octanol–water partition coefficient (Wildman–Crippen LogP) is 2.55. The first-order chi connectivity index (χ1) is 14.1. The molecule has 3 rings (SSSR count). The van der Waals surface area contributed by atoms with Gasteiger partial charge in [-0.2, -0.15) is 5.10 Å². The van der Waals surface area contributed by atoms with E-state index in [0.29, 0.717) is 29.9 Å². The van der Waals surface area contributed by atoms with Gasteiger partial charge in [0.2, 0.25) is 0 Å². The topological polar surface area (TPSA) is 78.7 Å². The van der Waals surface area contributed by atoms with Crippen LogP contribution in [0.5, 0.6) is 0 Å². The summed E-state index contributed by atoms with van der Waals surface area (Å²) in [5.74, 6) is -2.40. The number of hydrogen-bond acceptors (Lipinski definition) is 5. The van der Waals surface area contributed by atoms with Crippen molar-refractivity contribution in [1.29, 1.82) is 0 Å². The van der Waals surface area contributed by atoms with E-state index in [-0.39, 0.29) is 23.4 Å². The van der Waals surface area contributed by atoms with Gasteiger partial charge in [0.1, 0.15) is 11.6 Å². The smallest absolute Gasteiger partial charge is 0.295 e. The number of ketones is 1. The molecule has 2 heterocycles. The van der Waals surface area contributed by atoms with E-state index in [1.807, 2.05) is 19.0 Å². The van der Waals surface area contributed by atoms with Gasteiger partial charge in [0.05, 0.1) is 22.9 Å². The molecule has 0 saturated carbocycles. The van der Waals surface area contributed by atoms with Gasteiger partial charge < -0.3 is 14.9 Å². The minimum absolute atomic E-state index is 0.103. The van der Waals surface area contributed by atoms with Crippen molar-refractivity contribution in [3.05, 3.63) is 58.2 Å². The highest BCUT2D eigenvalue weighted by atomic mass is 19.1. The van der Waals surface area contributed by atoms with Crippen LogP contribution in [-0.2, 0) is 16.6 Å². The number of nitrogens with zero attached hydrogens (tertiary/aromatic N) is 4. The third-order valence-electron chi connectivity index (χ3n) is 5.49. The van der Waals surface area contributed by atoms with Crippen LogP contribution in [0.2, 0.25) is 0 Å². The van der Waals surface area contributed by atoms with Gasteiger partial charge in [-0.1, -0.05) is 18.2 Å². The molecule has 7 nitrogen and oxygen atoms in total. The Bertz CT molecular complexity index is 1030. The molecule has 1 aliphatic rings. The molecule has 160 valence electrons. The van der Waals surface area contributed by atoms with E-state index in [0.717, 1.165) is 0 Å². The fourth-order valence-corrected chi connectivity index (χ4v) is 3.94. The Morgan fingerprint density at radius 1 is 1.23 bits per heavy atom. The number of aliphatic hydroxyl groups is 1. The second-order valence-electron chi connectivity index (χ2n) is 7.84. The molecular weight excluding hydrogens is 387 g/mol. The summed E-state index contributed by atoms with van der Waals surface area (Å²) < 4.78 is 16.3. The minimum atomic E-state index is -0.993. The summed E-state index contributed by atoms with van der Waals surface area (Å²) in [4.78, 5) is 29.2. The molecular formula is C22H27FN4O3. The number of hydrogen-bond donors (Lipinski definition) is 1. The lowest BCUT2D eigenvalue weighted by molar-refractivity contribution is -0.140. The predicted molar refractivity (Wildman–Crippen MR) is 111 cm³/mol. The lowest BCUT2D eigenvalue weighted by atomic mass is 9.94. The van der Waals surface area contributed by atoms with Crippen LogP contribution in [-0.4, -0.2) is 63.6 Å². The molecule has 1 atom stereocenters. The maximum atomic E-state index is 14.7. The van der Waals surface area contributed by atoms with Gasteiger partial charge in [0, 0.05) is 24.8 Å². The molecule has 1 aliphatic heterocycles. The van der Waals surface area contributed by atoms with Crippen LogP contribution in [0.1, 0.15) is 35.0 Å². The van der Waals surface area contributed by atoms with E-state index in [9.17, 15) is 19.1 Å². The molecule has 0 bridgehead atoms. The van der Waals surface area contributed by atoms with Crippen LogP contribution >= 0.6 is 0 Å². The van der Waals surface area contributed by atoms with E-state index >= 15 is 0 Å². The Morgan fingerprint density at radius 2 is 1.90 bits per heavy atom. The highest BCUT2D eigenvalue weighted by Crippen LogP contribution is 2.41. The largest absolute Gasteiger partial charge is 0.507 e. The zero-order valence-corrected chi connectivity index (χ0v) is 17.9. The van der Waals surface area contributed by atoms with Crippen LogP contribution < -0.4 is 0 Å². The summed E-state index contributed by atoms with van der Waals surface area (Å²) in [7, 11) is 5.56. The van der Waals surface area contributed by atoms with Crippen molar-refractivity contribution < 1.29 is 19.1 Å². The fraction of sp³-hybridized carbons (Fsp3) is 0.409. The Morgan fingerprint density at radius 3 is 2.47 bits per heavy atom. The quantitative estimate of drug-likeness (QED) is 0.447. The fourth-order valence-electron chi connectivity index (χ4n) is 3.94. The van der Waals surface area contributed by atoms with Gasteiger partial charge in [0.15, 0.2) is 0 Å². The molecule has 0 unspecified atom stereocenters. The van der Waals surface area contributed by atoms with E-state index in [4.69, 9.17) is 0 Å². The van der Waals surface area contributed by atoms with Crippen LogP contribution in [0.3, 0.4) is 0 Å². The number of halogens is 1. The Labute approximate surface area is 175 Å². The first-order valence-corrected chi connectivity index (χ1v) is 9.83. The summed E-state index contributed by atoms with van der Waals surface area (Å²) in [6.07, 6.45) is 0.607. The molecule has 0 spiro atoms. The van der Waals surface area contributed by atoms with Gasteiger partial charge in [-0.3, -0.25) is 14.3 Å². The molecule has 1 aromatic carbocycles. The number of benzene rings is 1. The van der Waals surface area contributed by atoms with Crippen molar-refractivity contribution in [1.82, 2.24) is 19.6 Å². The van der Waals surface area contributed by atoms with E-state index in [1.54, 1.807) is 43.8 Å². The van der Waals surface area contributed by atoms with Crippen LogP contribution in [0.15, 0.2) is 29.8 Å². The number of carbonyl (C=O) groups excluding carboxylic acids is 2. The SMILES string of the molecule is Cc1nn(C)c(C)c1/C(O)=C1\C(=O)C(=O)N(CCCN(C)C)[C@H]1c1ccccc1F. The highest BCUT2D eigenvalue weighted by Gasteiger charge is 2.47. The second kappa shape index (κ2) is 8.39. The maximum absolute atomic E-state index is 14.7. The standard InChI is InChI=1S/C22H27FN4O3/c1-13-17(14(2)26(5)24-13)20(28)18-19(15-9-6-7-10-16(15)23)27(22(30)21(18)29)12-8-11-25(3)4/h6-7,9-10,19,28H,8,11-12H2,1-5H3/b20-18+/t19-/m0/s1. The van der Waals surface area contributed by atoms with Crippen molar-refractivity contribution in [2.75, 3.05) is 27.2 Å². The first-order valence-electron chi connectivity index (χ1n) is 9.83. The maximum Gasteiger partial charge on any atom is 0.295 e. The molecule has 1 fully saturated rings. The summed E-state index contributed by atoms with van der Waals surface area (Å²) in [6.45, 7) is 4.45. The lowest BCUT2D eigenvalue weighted by Crippen LogP contribution is -2.32. The van der Waals surface area contributed by atoms with E-state index < -0.39 is 23.5 Å². The van der Waals surface area contributed by atoms with Crippen LogP contribution in [0.4, 0.5) is 4.39 Å². The number of aromatic nitrogens is 2. The third-order valence-corrected chi connectivity index (χ3v) is 5.49. The zero-order chi connectivity index (χ0) is 22.2. The lowest BCUT2D eigenvalue weighted by Gasteiger charge is -2.26. The molecule has 1 amide bonds. The monoisotopic (exact) mass is 414 g/mol. The number of Topliss-reactive ketones (excluding diaryl/α,β-unsaturated/α-hetero) is 1. The third kappa shape index (κ3) is 3.75. The number of aliphatic hydroxyl groups excluding tert-OH is 1. The molecule has 1 saturated heterocycles. The van der Waals surface area contributed by atoms with Crippen molar-refractivity contribution in [2.24, 2.45) is 7.05 Å². The van der Waals surface area contributed by atoms with Gasteiger partial charge in [0.25, 0.3) is 11.7 Å². The number of rotatable bonds is 6. The average Bonchev–Trinajstić information content (AvgIpc) is 3.08. The van der Waals surface area contributed by atoms with Crippen LogP contribution in [0, 0.1) is 19.7 Å². The number of aryl methyl sites for hydroxylation is 2. The summed E-state index contributed by atoms with van der Waals surface area (Å²) in [5, 5.41) is 15.4. The second-order valence-corrected chi connectivity index (χ2v) is 7.84. The number of likely N-dealkylation sites (tertiary alicyclic amines) is 1. The molecule has 0 radical (unpaired) electrons. The van der Waals surface area contributed by atoms with Crippen molar-refractivity contribution in [3.8, 4) is 0 Å². The Kier molecular flexibility index (Phi) is 6.07.